The van der Waals surface area contributed by atoms with Crippen LogP contribution in [0.3, 0.4) is 0 Å². The maximum absolute atomic E-state index is 13.7. The summed E-state index contributed by atoms with van der Waals surface area (Å²) in [5.74, 6) is -0.455. The Balaban J connectivity index is 1.49. The van der Waals surface area contributed by atoms with Gasteiger partial charge in [-0.2, -0.15) is 0 Å². The van der Waals surface area contributed by atoms with Crippen LogP contribution in [0, 0.1) is 0 Å². The molecule has 2 N–H and O–H groups in total. The van der Waals surface area contributed by atoms with Gasteiger partial charge in [-0.1, -0.05) is 41.9 Å². The van der Waals surface area contributed by atoms with Crippen molar-refractivity contribution in [2.45, 2.75) is 38.3 Å². The highest BCUT2D eigenvalue weighted by Gasteiger charge is 2.26. The van der Waals surface area contributed by atoms with Crippen LogP contribution < -0.4 is 20.9 Å². The number of ether oxygens (including phenoxy) is 1. The number of pyridine rings is 1. The second-order valence-electron chi connectivity index (χ2n) is 10.3. The van der Waals surface area contributed by atoms with Crippen LogP contribution in [-0.2, 0) is 11.2 Å². The van der Waals surface area contributed by atoms with E-state index in [2.05, 4.69) is 10.6 Å². The number of carbonyl (C=O) groups is 3. The van der Waals surface area contributed by atoms with Crippen molar-refractivity contribution < 1.29 is 19.1 Å². The molecular weight excluding hydrogens is 554 g/mol. The van der Waals surface area contributed by atoms with Crippen molar-refractivity contribution in [3.8, 4) is 16.9 Å². The molecule has 8 nitrogen and oxygen atoms in total. The van der Waals surface area contributed by atoms with Crippen molar-refractivity contribution in [3.63, 3.8) is 0 Å². The third-order valence-corrected chi connectivity index (χ3v) is 7.39. The molecule has 2 amide bonds. The van der Waals surface area contributed by atoms with Gasteiger partial charge in [0.05, 0.1) is 13.3 Å². The first kappa shape index (κ1) is 28.8. The molecule has 1 atom stereocenters. The van der Waals surface area contributed by atoms with Gasteiger partial charge in [-0.05, 0) is 73.4 Å². The average molecular weight is 584 g/mol. The Morgan fingerprint density at radius 3 is 2.33 bits per heavy atom. The van der Waals surface area contributed by atoms with E-state index in [-0.39, 0.29) is 24.2 Å². The molecule has 0 bridgehead atoms. The monoisotopic (exact) mass is 583 g/mol. The molecule has 1 fully saturated rings. The van der Waals surface area contributed by atoms with Crippen molar-refractivity contribution in [2.75, 3.05) is 12.4 Å². The van der Waals surface area contributed by atoms with E-state index in [1.165, 1.54) is 30.9 Å². The number of nitrogens with one attached hydrogen (secondary N) is 2. The molecule has 1 unspecified atom stereocenters. The van der Waals surface area contributed by atoms with Crippen LogP contribution in [0.4, 0.5) is 5.69 Å². The second kappa shape index (κ2) is 12.4. The summed E-state index contributed by atoms with van der Waals surface area (Å²) in [6.07, 6.45) is 3.70. The largest absolute Gasteiger partial charge is 0.495 e. The molecule has 5 rings (SSSR count). The molecule has 3 aromatic carbocycles. The second-order valence-corrected chi connectivity index (χ2v) is 10.7. The number of anilines is 1. The zero-order valence-electron chi connectivity index (χ0n) is 23.2. The summed E-state index contributed by atoms with van der Waals surface area (Å²) in [7, 11) is 1.46. The van der Waals surface area contributed by atoms with Gasteiger partial charge in [-0.25, -0.2) is 0 Å². The summed E-state index contributed by atoms with van der Waals surface area (Å²) in [6.45, 7) is 1.44. The number of nitrogens with zero attached hydrogens (tertiary/aromatic N) is 1. The maximum Gasteiger partial charge on any atom is 0.252 e. The summed E-state index contributed by atoms with van der Waals surface area (Å²) in [6, 6.07) is 21.5. The van der Waals surface area contributed by atoms with E-state index in [1.54, 1.807) is 42.5 Å². The van der Waals surface area contributed by atoms with Crippen molar-refractivity contribution in [1.82, 2.24) is 9.88 Å². The van der Waals surface area contributed by atoms with E-state index >= 15 is 0 Å². The van der Waals surface area contributed by atoms with Crippen LogP contribution in [0.2, 0.25) is 5.02 Å². The number of rotatable bonds is 10. The lowest BCUT2D eigenvalue weighted by Gasteiger charge is -2.22. The van der Waals surface area contributed by atoms with Gasteiger partial charge in [0.25, 0.3) is 11.5 Å². The molecule has 1 heterocycles. The zero-order valence-corrected chi connectivity index (χ0v) is 24.0. The number of hydrogen-bond donors (Lipinski definition) is 2. The summed E-state index contributed by atoms with van der Waals surface area (Å²) < 4.78 is 6.99. The third-order valence-electron chi connectivity index (χ3n) is 7.15. The molecule has 0 aliphatic heterocycles. The van der Waals surface area contributed by atoms with E-state index in [1.807, 2.05) is 30.3 Å². The lowest BCUT2D eigenvalue weighted by atomic mass is 9.97. The predicted octanol–water partition coefficient (Wildman–Crippen LogP) is 5.69. The van der Waals surface area contributed by atoms with Gasteiger partial charge in [-0.3, -0.25) is 23.7 Å². The fraction of sp³-hybridized carbons (Fsp3) is 0.212. The minimum atomic E-state index is -0.938. The number of aromatic nitrogens is 1. The van der Waals surface area contributed by atoms with Gasteiger partial charge >= 0.3 is 0 Å². The fourth-order valence-corrected chi connectivity index (χ4v) is 4.95. The van der Waals surface area contributed by atoms with Crippen LogP contribution >= 0.6 is 11.6 Å². The normalized spacial score (nSPS) is 13.2. The van der Waals surface area contributed by atoms with Gasteiger partial charge in [0, 0.05) is 45.9 Å². The fourth-order valence-electron chi connectivity index (χ4n) is 4.77. The highest BCUT2D eigenvalue weighted by Crippen LogP contribution is 2.34. The Bertz CT molecular complexity index is 1700. The van der Waals surface area contributed by atoms with Crippen molar-refractivity contribution in [3.05, 3.63) is 117 Å². The van der Waals surface area contributed by atoms with E-state index in [0.29, 0.717) is 38.7 Å². The quantitative estimate of drug-likeness (QED) is 0.233. The minimum absolute atomic E-state index is 0.149. The Hall–Kier alpha value is -4.69. The van der Waals surface area contributed by atoms with Crippen LogP contribution in [-0.4, -0.2) is 35.3 Å². The third kappa shape index (κ3) is 6.61. The van der Waals surface area contributed by atoms with E-state index < -0.39 is 17.5 Å². The van der Waals surface area contributed by atoms with Crippen LogP contribution in [0.5, 0.6) is 5.75 Å². The maximum atomic E-state index is 13.7. The molecule has 42 heavy (non-hydrogen) atoms. The van der Waals surface area contributed by atoms with Gasteiger partial charge < -0.3 is 15.4 Å². The van der Waals surface area contributed by atoms with E-state index in [0.717, 1.165) is 18.4 Å². The van der Waals surface area contributed by atoms with Gasteiger partial charge in [0.2, 0.25) is 5.91 Å². The molecule has 214 valence electrons. The van der Waals surface area contributed by atoms with Crippen molar-refractivity contribution >= 4 is 34.9 Å². The van der Waals surface area contributed by atoms with Crippen molar-refractivity contribution in [1.29, 1.82) is 0 Å². The van der Waals surface area contributed by atoms with Crippen LogP contribution in [0.15, 0.2) is 89.9 Å². The summed E-state index contributed by atoms with van der Waals surface area (Å²) in [5, 5.41) is 6.23. The van der Waals surface area contributed by atoms with Gasteiger partial charge in [0.1, 0.15) is 11.8 Å². The summed E-state index contributed by atoms with van der Waals surface area (Å²) in [4.78, 5) is 52.0. The number of ketones is 1. The molecule has 0 saturated heterocycles. The lowest BCUT2D eigenvalue weighted by molar-refractivity contribution is -0.119. The number of methoxy groups -OCH3 is 1. The number of carbonyl (C=O) groups excluding carboxylic acids is 3. The highest BCUT2D eigenvalue weighted by molar-refractivity contribution is 6.31. The number of Topliss-reactive ketones (excluding diaryl/α,β-unsaturated/α-hetero) is 1. The molecule has 0 radical (unpaired) electrons. The van der Waals surface area contributed by atoms with Crippen LogP contribution in [0.25, 0.3) is 11.1 Å². The Morgan fingerprint density at radius 2 is 1.69 bits per heavy atom. The molecule has 9 heteroatoms. The SMILES string of the molecule is COc1cn(C(Cc2ccccc2)C(=O)Nc2ccc(C(=O)NC3CC3)cc2)c(=O)cc1-c1cc(Cl)ccc1C(C)=O. The zero-order chi connectivity index (χ0) is 29.8. The van der Waals surface area contributed by atoms with Crippen molar-refractivity contribution in [2.24, 2.45) is 0 Å². The molecule has 1 aromatic heterocycles. The molecule has 4 aromatic rings. The summed E-state index contributed by atoms with van der Waals surface area (Å²) in [5.41, 5.74) is 2.64. The Kier molecular flexibility index (Phi) is 8.54. The number of amides is 2. The molecule has 0 spiro atoms. The smallest absolute Gasteiger partial charge is 0.252 e. The Labute approximate surface area is 248 Å². The standard InChI is InChI=1S/C33H30ClN3O5/c1-20(38)26-15-10-23(34)17-27(26)28-18-31(39)37(19-30(28)42-2)29(16-21-6-4-3-5-7-21)33(41)36-24-11-8-22(9-12-24)32(40)35-25-13-14-25/h3-12,15,17-19,25,29H,13-14,16H2,1-2H3,(H,35,40)(H,36,41). The highest BCUT2D eigenvalue weighted by atomic mass is 35.5. The van der Waals surface area contributed by atoms with E-state index in [4.69, 9.17) is 16.3 Å². The minimum Gasteiger partial charge on any atom is -0.495 e. The molecule has 1 aliphatic rings. The topological polar surface area (TPSA) is 106 Å². The Morgan fingerprint density at radius 1 is 0.976 bits per heavy atom. The van der Waals surface area contributed by atoms with E-state index in [9.17, 15) is 19.2 Å². The number of halogens is 1. The predicted molar refractivity (Wildman–Crippen MR) is 162 cm³/mol. The molecule has 1 aliphatic carbocycles. The first-order valence-electron chi connectivity index (χ1n) is 13.6. The molecular formula is C33H30ClN3O5. The lowest BCUT2D eigenvalue weighted by Crippen LogP contribution is -2.34. The average Bonchev–Trinajstić information content (AvgIpc) is 3.80. The summed E-state index contributed by atoms with van der Waals surface area (Å²) >= 11 is 6.24. The van der Waals surface area contributed by atoms with Gasteiger partial charge in [0.15, 0.2) is 5.78 Å². The first-order valence-corrected chi connectivity index (χ1v) is 14.0. The first-order chi connectivity index (χ1) is 20.2. The van der Waals surface area contributed by atoms with Gasteiger partial charge in [-0.15, -0.1) is 0 Å². The van der Waals surface area contributed by atoms with Crippen LogP contribution in [0.1, 0.15) is 52.1 Å². The molecule has 1 saturated carbocycles. The number of hydrogen-bond acceptors (Lipinski definition) is 5. The number of benzene rings is 3.